The monoisotopic (exact) mass is 295 g/mol. The lowest BCUT2D eigenvalue weighted by molar-refractivity contribution is -0.146. The third kappa shape index (κ3) is 3.84. The van der Waals surface area contributed by atoms with E-state index >= 15 is 0 Å². The summed E-state index contributed by atoms with van der Waals surface area (Å²) in [5.41, 5.74) is 6.11. The fraction of sp³-hybridized carbons (Fsp3) is 0.600. The third-order valence-electron chi connectivity index (χ3n) is 2.84. The standard InChI is InChI=1S/C10H13ClF3N5/c11-9-16-5-7(15)8(17-9)19-3-1-18(2-4-19)6-10(12,13)14/h5H,1-4,6,15H2. The number of anilines is 2. The van der Waals surface area contributed by atoms with Gasteiger partial charge in [-0.3, -0.25) is 4.90 Å². The van der Waals surface area contributed by atoms with Crippen molar-refractivity contribution in [3.8, 4) is 0 Å². The zero-order chi connectivity index (χ0) is 14.0. The number of halogens is 4. The second-order valence-electron chi connectivity index (χ2n) is 4.30. The van der Waals surface area contributed by atoms with Crippen LogP contribution in [0.15, 0.2) is 6.20 Å². The van der Waals surface area contributed by atoms with Gasteiger partial charge in [0.05, 0.1) is 18.4 Å². The molecular weight excluding hydrogens is 283 g/mol. The molecule has 106 valence electrons. The first-order valence-electron chi connectivity index (χ1n) is 5.67. The van der Waals surface area contributed by atoms with Crippen molar-refractivity contribution in [1.29, 1.82) is 0 Å². The van der Waals surface area contributed by atoms with Crippen molar-refractivity contribution in [3.05, 3.63) is 11.5 Å². The van der Waals surface area contributed by atoms with Crippen LogP contribution in [0.4, 0.5) is 24.7 Å². The van der Waals surface area contributed by atoms with Crippen LogP contribution in [-0.2, 0) is 0 Å². The molecule has 19 heavy (non-hydrogen) atoms. The highest BCUT2D eigenvalue weighted by atomic mass is 35.5. The Kier molecular flexibility index (Phi) is 4.00. The number of aromatic nitrogens is 2. The topological polar surface area (TPSA) is 58.3 Å². The molecule has 1 aromatic heterocycles. The molecule has 0 aliphatic carbocycles. The summed E-state index contributed by atoms with van der Waals surface area (Å²) in [6, 6.07) is 0. The van der Waals surface area contributed by atoms with Gasteiger partial charge in [0.2, 0.25) is 5.28 Å². The van der Waals surface area contributed by atoms with E-state index in [1.165, 1.54) is 11.1 Å². The van der Waals surface area contributed by atoms with E-state index in [9.17, 15) is 13.2 Å². The predicted octanol–water partition coefficient (Wildman–Crippen LogP) is 1.40. The van der Waals surface area contributed by atoms with Gasteiger partial charge in [0.15, 0.2) is 5.82 Å². The SMILES string of the molecule is Nc1cnc(Cl)nc1N1CCN(CC(F)(F)F)CC1. The zero-order valence-electron chi connectivity index (χ0n) is 9.99. The van der Waals surface area contributed by atoms with Crippen molar-refractivity contribution in [1.82, 2.24) is 14.9 Å². The first-order valence-corrected chi connectivity index (χ1v) is 6.05. The highest BCUT2D eigenvalue weighted by Gasteiger charge is 2.32. The normalized spacial score (nSPS) is 17.8. The van der Waals surface area contributed by atoms with Crippen LogP contribution in [0.25, 0.3) is 0 Å². The van der Waals surface area contributed by atoms with Gasteiger partial charge in [-0.05, 0) is 11.6 Å². The van der Waals surface area contributed by atoms with Gasteiger partial charge in [0.1, 0.15) is 0 Å². The third-order valence-corrected chi connectivity index (χ3v) is 3.02. The Labute approximate surface area is 113 Å². The minimum absolute atomic E-state index is 0.0712. The van der Waals surface area contributed by atoms with Gasteiger partial charge in [0, 0.05) is 26.2 Å². The van der Waals surface area contributed by atoms with E-state index < -0.39 is 12.7 Å². The lowest BCUT2D eigenvalue weighted by Gasteiger charge is -2.35. The fourth-order valence-corrected chi connectivity index (χ4v) is 2.11. The molecule has 0 saturated carbocycles. The molecule has 5 nitrogen and oxygen atoms in total. The van der Waals surface area contributed by atoms with E-state index in [1.807, 2.05) is 4.90 Å². The minimum atomic E-state index is -4.17. The number of alkyl halides is 3. The molecule has 2 heterocycles. The van der Waals surface area contributed by atoms with Gasteiger partial charge >= 0.3 is 6.18 Å². The summed E-state index contributed by atoms with van der Waals surface area (Å²) in [7, 11) is 0. The van der Waals surface area contributed by atoms with E-state index in [4.69, 9.17) is 17.3 Å². The van der Waals surface area contributed by atoms with Crippen molar-refractivity contribution in [3.63, 3.8) is 0 Å². The Hall–Kier alpha value is -1.28. The predicted molar refractivity (Wildman–Crippen MR) is 66.2 cm³/mol. The summed E-state index contributed by atoms with van der Waals surface area (Å²) < 4.78 is 36.8. The number of nitrogens with zero attached hydrogens (tertiary/aromatic N) is 4. The quantitative estimate of drug-likeness (QED) is 0.836. The Morgan fingerprint density at radius 3 is 2.47 bits per heavy atom. The molecule has 0 aromatic carbocycles. The maximum atomic E-state index is 12.3. The lowest BCUT2D eigenvalue weighted by Crippen LogP contribution is -2.49. The number of hydrogen-bond donors (Lipinski definition) is 1. The molecule has 0 unspecified atom stereocenters. The second kappa shape index (κ2) is 5.38. The maximum Gasteiger partial charge on any atom is 0.401 e. The van der Waals surface area contributed by atoms with E-state index in [1.54, 1.807) is 0 Å². The summed E-state index contributed by atoms with van der Waals surface area (Å²) >= 11 is 5.69. The van der Waals surface area contributed by atoms with Crippen molar-refractivity contribution >= 4 is 23.1 Å². The van der Waals surface area contributed by atoms with Crippen molar-refractivity contribution in [2.24, 2.45) is 0 Å². The minimum Gasteiger partial charge on any atom is -0.394 e. The lowest BCUT2D eigenvalue weighted by atomic mass is 10.3. The van der Waals surface area contributed by atoms with Crippen LogP contribution in [0.1, 0.15) is 0 Å². The summed E-state index contributed by atoms with van der Waals surface area (Å²) in [6.07, 6.45) is -2.77. The Morgan fingerprint density at radius 2 is 1.89 bits per heavy atom. The van der Waals surface area contributed by atoms with Gasteiger partial charge in [-0.25, -0.2) is 4.98 Å². The molecule has 2 rings (SSSR count). The van der Waals surface area contributed by atoms with Crippen molar-refractivity contribution < 1.29 is 13.2 Å². The number of nitrogens with two attached hydrogens (primary N) is 1. The summed E-state index contributed by atoms with van der Waals surface area (Å²) in [4.78, 5) is 10.9. The van der Waals surface area contributed by atoms with Crippen molar-refractivity contribution in [2.45, 2.75) is 6.18 Å². The highest BCUT2D eigenvalue weighted by molar-refractivity contribution is 6.28. The van der Waals surface area contributed by atoms with E-state index in [0.29, 0.717) is 37.7 Å². The summed E-state index contributed by atoms with van der Waals surface area (Å²) in [5, 5.41) is 0.0712. The van der Waals surface area contributed by atoms with Crippen LogP contribution in [0.5, 0.6) is 0 Å². The number of rotatable bonds is 2. The van der Waals surface area contributed by atoms with Gasteiger partial charge in [0.25, 0.3) is 0 Å². The second-order valence-corrected chi connectivity index (χ2v) is 4.63. The molecule has 9 heteroatoms. The molecular formula is C10H13ClF3N5. The largest absolute Gasteiger partial charge is 0.401 e. The molecule has 2 N–H and O–H groups in total. The molecule has 1 aromatic rings. The van der Waals surface area contributed by atoms with Crippen LogP contribution in [0.2, 0.25) is 5.28 Å². The van der Waals surface area contributed by atoms with Crippen LogP contribution < -0.4 is 10.6 Å². The van der Waals surface area contributed by atoms with Crippen LogP contribution in [0, 0.1) is 0 Å². The van der Waals surface area contributed by atoms with Gasteiger partial charge in [-0.1, -0.05) is 0 Å². The van der Waals surface area contributed by atoms with Crippen molar-refractivity contribution in [2.75, 3.05) is 43.4 Å². The van der Waals surface area contributed by atoms with E-state index in [0.717, 1.165) is 0 Å². The van der Waals surface area contributed by atoms with Gasteiger partial charge in [-0.2, -0.15) is 18.2 Å². The van der Waals surface area contributed by atoms with Gasteiger partial charge < -0.3 is 10.6 Å². The maximum absolute atomic E-state index is 12.3. The zero-order valence-corrected chi connectivity index (χ0v) is 10.7. The van der Waals surface area contributed by atoms with Gasteiger partial charge in [-0.15, -0.1) is 0 Å². The molecule has 1 fully saturated rings. The number of nitrogen functional groups attached to an aromatic ring is 1. The molecule has 1 aliphatic rings. The summed E-state index contributed by atoms with van der Waals surface area (Å²) in [6.45, 7) is 0.573. The van der Waals surface area contributed by atoms with Crippen LogP contribution >= 0.6 is 11.6 Å². The average Bonchev–Trinajstić information content (AvgIpc) is 2.31. The molecule has 0 bridgehead atoms. The van der Waals surface area contributed by atoms with Crippen LogP contribution in [0.3, 0.4) is 0 Å². The molecule has 0 amide bonds. The Balaban J connectivity index is 1.98. The summed E-state index contributed by atoms with van der Waals surface area (Å²) in [5.74, 6) is 0.478. The average molecular weight is 296 g/mol. The first-order chi connectivity index (χ1) is 8.85. The highest BCUT2D eigenvalue weighted by Crippen LogP contribution is 2.23. The molecule has 1 saturated heterocycles. The fourth-order valence-electron chi connectivity index (χ4n) is 1.99. The molecule has 0 atom stereocenters. The molecule has 0 spiro atoms. The Morgan fingerprint density at radius 1 is 1.26 bits per heavy atom. The van der Waals surface area contributed by atoms with E-state index in [2.05, 4.69) is 9.97 Å². The molecule has 0 radical (unpaired) electrons. The first kappa shape index (κ1) is 14.1. The molecule has 1 aliphatic heterocycles. The van der Waals surface area contributed by atoms with E-state index in [-0.39, 0.29) is 5.28 Å². The Bertz CT molecular complexity index is 445. The smallest absolute Gasteiger partial charge is 0.394 e. The number of piperazine rings is 1. The number of hydrogen-bond acceptors (Lipinski definition) is 5. The van der Waals surface area contributed by atoms with Crippen LogP contribution in [-0.4, -0.2) is 53.8 Å².